The van der Waals surface area contributed by atoms with Crippen molar-refractivity contribution in [2.75, 3.05) is 0 Å². The normalized spacial score (nSPS) is 45.0. The van der Waals surface area contributed by atoms with Gasteiger partial charge in [-0.25, -0.2) is 0 Å². The first kappa shape index (κ1) is 10.5. The first-order valence-electron chi connectivity index (χ1n) is 6.46. The third-order valence-corrected chi connectivity index (χ3v) is 4.64. The minimum absolute atomic E-state index is 0.267. The molecule has 2 fully saturated rings. The molecule has 0 saturated heterocycles. The van der Waals surface area contributed by atoms with E-state index in [1.165, 1.54) is 51.4 Å². The van der Waals surface area contributed by atoms with Crippen LogP contribution in [0.4, 0.5) is 0 Å². The second-order valence-corrected chi connectivity index (χ2v) is 5.47. The summed E-state index contributed by atoms with van der Waals surface area (Å²) in [6, 6.07) is 0. The van der Waals surface area contributed by atoms with E-state index >= 15 is 0 Å². The second-order valence-electron chi connectivity index (χ2n) is 5.47. The molecule has 3 atom stereocenters. The Balaban J connectivity index is 1.96. The summed E-state index contributed by atoms with van der Waals surface area (Å²) in [5, 5.41) is 10.5. The van der Waals surface area contributed by atoms with E-state index in [0.717, 1.165) is 6.42 Å². The predicted molar refractivity (Wildman–Crippen MR) is 59.2 cm³/mol. The first-order valence-corrected chi connectivity index (χ1v) is 6.46. The van der Waals surface area contributed by atoms with Crippen LogP contribution in [0.3, 0.4) is 0 Å². The summed E-state index contributed by atoms with van der Waals surface area (Å²) in [5.41, 5.74) is -0.267. The van der Waals surface area contributed by atoms with Gasteiger partial charge in [-0.1, -0.05) is 39.0 Å². The zero-order chi connectivity index (χ0) is 10.0. The number of hydrogen-bond donors (Lipinski definition) is 1. The summed E-state index contributed by atoms with van der Waals surface area (Å²) in [4.78, 5) is 0. The van der Waals surface area contributed by atoms with Crippen molar-refractivity contribution in [2.24, 2.45) is 11.8 Å². The molecule has 1 heteroatoms. The third-order valence-electron chi connectivity index (χ3n) is 4.64. The van der Waals surface area contributed by atoms with Gasteiger partial charge in [-0.2, -0.15) is 0 Å². The van der Waals surface area contributed by atoms with Gasteiger partial charge in [0.15, 0.2) is 0 Å². The molecule has 2 saturated carbocycles. The maximum Gasteiger partial charge on any atom is 0.0701 e. The van der Waals surface area contributed by atoms with Crippen molar-refractivity contribution in [1.29, 1.82) is 0 Å². The Hall–Kier alpha value is -0.0400. The van der Waals surface area contributed by atoms with E-state index in [9.17, 15) is 5.11 Å². The Labute approximate surface area is 87.9 Å². The lowest BCUT2D eigenvalue weighted by molar-refractivity contribution is -0.139. The molecule has 0 amide bonds. The summed E-state index contributed by atoms with van der Waals surface area (Å²) < 4.78 is 0. The Morgan fingerprint density at radius 2 is 1.57 bits per heavy atom. The third kappa shape index (κ3) is 1.84. The fourth-order valence-corrected chi connectivity index (χ4v) is 3.31. The highest BCUT2D eigenvalue weighted by molar-refractivity contribution is 4.99. The van der Waals surface area contributed by atoms with Crippen LogP contribution < -0.4 is 0 Å². The quantitative estimate of drug-likeness (QED) is 0.628. The van der Waals surface area contributed by atoms with Gasteiger partial charge in [0.05, 0.1) is 5.60 Å². The molecule has 0 aromatic carbocycles. The lowest BCUT2D eigenvalue weighted by Gasteiger charge is -2.50. The van der Waals surface area contributed by atoms with Gasteiger partial charge in [0, 0.05) is 0 Å². The summed E-state index contributed by atoms with van der Waals surface area (Å²) in [7, 11) is 0. The van der Waals surface area contributed by atoms with Crippen molar-refractivity contribution in [3.8, 4) is 0 Å². The summed E-state index contributed by atoms with van der Waals surface area (Å²) in [6.07, 6.45) is 11.7. The van der Waals surface area contributed by atoms with Gasteiger partial charge in [-0.3, -0.25) is 0 Å². The van der Waals surface area contributed by atoms with E-state index in [2.05, 4.69) is 6.92 Å². The van der Waals surface area contributed by atoms with Gasteiger partial charge in [-0.15, -0.1) is 0 Å². The smallest absolute Gasteiger partial charge is 0.0701 e. The molecule has 0 aromatic heterocycles. The van der Waals surface area contributed by atoms with E-state index in [0.29, 0.717) is 11.8 Å². The molecule has 0 aliphatic heterocycles. The molecule has 0 radical (unpaired) electrons. The van der Waals surface area contributed by atoms with Crippen molar-refractivity contribution < 1.29 is 5.11 Å². The second kappa shape index (κ2) is 4.22. The van der Waals surface area contributed by atoms with E-state index in [-0.39, 0.29) is 5.60 Å². The molecule has 1 nitrogen and oxygen atoms in total. The molecular formula is C13H24O. The van der Waals surface area contributed by atoms with Gasteiger partial charge in [0.2, 0.25) is 0 Å². The van der Waals surface area contributed by atoms with E-state index in [1.54, 1.807) is 0 Å². The molecule has 0 aromatic rings. The average Bonchev–Trinajstić information content (AvgIpc) is 2.17. The van der Waals surface area contributed by atoms with Crippen LogP contribution in [0.2, 0.25) is 0 Å². The van der Waals surface area contributed by atoms with E-state index in [1.807, 2.05) is 0 Å². The fourth-order valence-electron chi connectivity index (χ4n) is 3.31. The predicted octanol–water partition coefficient (Wildman–Crippen LogP) is 3.51. The zero-order valence-electron chi connectivity index (χ0n) is 9.47. The number of hydrogen-bond acceptors (Lipinski definition) is 1. The molecular weight excluding hydrogens is 172 g/mol. The van der Waals surface area contributed by atoms with Crippen LogP contribution in [-0.4, -0.2) is 10.7 Å². The van der Waals surface area contributed by atoms with E-state index < -0.39 is 0 Å². The molecule has 82 valence electrons. The fraction of sp³-hybridized carbons (Fsp3) is 1.00. The van der Waals surface area contributed by atoms with Gasteiger partial charge in [0.25, 0.3) is 0 Å². The van der Waals surface area contributed by atoms with Gasteiger partial charge >= 0.3 is 0 Å². The van der Waals surface area contributed by atoms with Crippen molar-refractivity contribution in [1.82, 2.24) is 0 Å². The van der Waals surface area contributed by atoms with Crippen LogP contribution in [0.5, 0.6) is 0 Å². The van der Waals surface area contributed by atoms with Crippen molar-refractivity contribution in [3.63, 3.8) is 0 Å². The van der Waals surface area contributed by atoms with Gasteiger partial charge < -0.3 is 5.11 Å². The average molecular weight is 196 g/mol. The summed E-state index contributed by atoms with van der Waals surface area (Å²) >= 11 is 0. The number of aliphatic hydroxyl groups is 1. The molecule has 2 aliphatic carbocycles. The standard InChI is InChI=1S/C13H24O/c1-11-7-5-3-2-4-6-8-12-9-10-13(11,12)14/h11-12,14H,2-10H2,1H3. The maximum absolute atomic E-state index is 10.5. The van der Waals surface area contributed by atoms with Crippen molar-refractivity contribution in [3.05, 3.63) is 0 Å². The Kier molecular flexibility index (Phi) is 3.16. The number of fused-ring (bicyclic) bond motifs is 1. The number of rotatable bonds is 0. The highest BCUT2D eigenvalue weighted by atomic mass is 16.3. The molecule has 2 aliphatic rings. The molecule has 0 spiro atoms. The Morgan fingerprint density at radius 1 is 0.929 bits per heavy atom. The van der Waals surface area contributed by atoms with Crippen molar-refractivity contribution >= 4 is 0 Å². The zero-order valence-corrected chi connectivity index (χ0v) is 9.47. The largest absolute Gasteiger partial charge is 0.389 e. The molecule has 3 unspecified atom stereocenters. The molecule has 0 heterocycles. The molecule has 2 rings (SSSR count). The van der Waals surface area contributed by atoms with Crippen molar-refractivity contribution in [2.45, 2.75) is 70.3 Å². The maximum atomic E-state index is 10.5. The van der Waals surface area contributed by atoms with Crippen LogP contribution in [0, 0.1) is 11.8 Å². The van der Waals surface area contributed by atoms with Crippen LogP contribution in [0.1, 0.15) is 64.7 Å². The SMILES string of the molecule is CC1CCCCCCCC2CCC12O. The minimum Gasteiger partial charge on any atom is -0.389 e. The van der Waals surface area contributed by atoms with E-state index in [4.69, 9.17) is 0 Å². The Morgan fingerprint density at radius 3 is 2.21 bits per heavy atom. The lowest BCUT2D eigenvalue weighted by atomic mass is 9.60. The summed E-state index contributed by atoms with van der Waals surface area (Å²) in [6.45, 7) is 2.26. The summed E-state index contributed by atoms with van der Waals surface area (Å²) in [5.74, 6) is 1.18. The molecule has 14 heavy (non-hydrogen) atoms. The highest BCUT2D eigenvalue weighted by Crippen LogP contribution is 2.48. The minimum atomic E-state index is -0.267. The van der Waals surface area contributed by atoms with Crippen LogP contribution >= 0.6 is 0 Å². The Bertz CT molecular complexity index is 178. The topological polar surface area (TPSA) is 20.2 Å². The van der Waals surface area contributed by atoms with Crippen LogP contribution in [-0.2, 0) is 0 Å². The van der Waals surface area contributed by atoms with Crippen LogP contribution in [0.25, 0.3) is 0 Å². The lowest BCUT2D eigenvalue weighted by Crippen LogP contribution is -2.52. The highest BCUT2D eigenvalue weighted by Gasteiger charge is 2.47. The first-order chi connectivity index (χ1) is 6.73. The van der Waals surface area contributed by atoms with Gasteiger partial charge in [-0.05, 0) is 37.5 Å². The van der Waals surface area contributed by atoms with Crippen LogP contribution in [0.15, 0.2) is 0 Å². The molecule has 0 bridgehead atoms. The molecule has 1 N–H and O–H groups in total. The monoisotopic (exact) mass is 196 g/mol. The van der Waals surface area contributed by atoms with Gasteiger partial charge in [0.1, 0.15) is 0 Å².